The topological polar surface area (TPSA) is 29.5 Å². The van der Waals surface area contributed by atoms with Crippen molar-refractivity contribution in [2.75, 3.05) is 14.2 Å². The van der Waals surface area contributed by atoms with Crippen LogP contribution in [0, 0.1) is 0 Å². The van der Waals surface area contributed by atoms with E-state index in [0.29, 0.717) is 12.1 Å². The molecule has 2 bridgehead atoms. The smallest absolute Gasteiger partial charge is 0.335 e. The van der Waals surface area contributed by atoms with Crippen LogP contribution in [0.3, 0.4) is 0 Å². The van der Waals surface area contributed by atoms with Gasteiger partial charge in [-0.15, -0.1) is 0 Å². The second-order valence-electron chi connectivity index (χ2n) is 4.15. The molecule has 3 heteroatoms. The molecule has 2 heterocycles. The number of rotatable bonds is 1. The monoisotopic (exact) mass is 195 g/mol. The number of piperidine rings is 1. The highest BCUT2D eigenvalue weighted by molar-refractivity contribution is 5.90. The third kappa shape index (κ3) is 1.46. The lowest BCUT2D eigenvalue weighted by atomic mass is 9.85. The SMILES string of the molecule is COC(=O)C1=CC[C@@H]2CCC[C@H]1N2C. The molecular weight excluding hydrogens is 178 g/mol. The quantitative estimate of drug-likeness (QED) is 0.591. The third-order valence-corrected chi connectivity index (χ3v) is 3.47. The zero-order chi connectivity index (χ0) is 10.1. The van der Waals surface area contributed by atoms with Crippen LogP contribution in [0.25, 0.3) is 0 Å². The minimum atomic E-state index is -0.151. The molecule has 2 aliphatic rings. The fourth-order valence-electron chi connectivity index (χ4n) is 2.60. The molecule has 0 N–H and O–H groups in total. The maximum absolute atomic E-state index is 11.5. The fourth-order valence-corrected chi connectivity index (χ4v) is 2.60. The van der Waals surface area contributed by atoms with Crippen molar-refractivity contribution >= 4 is 5.97 Å². The van der Waals surface area contributed by atoms with Crippen LogP contribution < -0.4 is 0 Å². The van der Waals surface area contributed by atoms with Gasteiger partial charge in [-0.25, -0.2) is 4.79 Å². The highest BCUT2D eigenvalue weighted by atomic mass is 16.5. The molecule has 0 saturated carbocycles. The Morgan fingerprint density at radius 1 is 1.57 bits per heavy atom. The number of fused-ring (bicyclic) bond motifs is 2. The molecule has 0 aromatic heterocycles. The highest BCUT2D eigenvalue weighted by Gasteiger charge is 2.35. The Hall–Kier alpha value is -0.830. The van der Waals surface area contributed by atoms with Crippen molar-refractivity contribution in [2.24, 2.45) is 0 Å². The molecule has 1 fully saturated rings. The van der Waals surface area contributed by atoms with E-state index in [0.717, 1.165) is 18.4 Å². The number of nitrogens with zero attached hydrogens (tertiary/aromatic N) is 1. The van der Waals surface area contributed by atoms with Gasteiger partial charge in [0.2, 0.25) is 0 Å². The van der Waals surface area contributed by atoms with Crippen LogP contribution in [0.4, 0.5) is 0 Å². The molecule has 2 rings (SSSR count). The van der Waals surface area contributed by atoms with E-state index in [1.165, 1.54) is 20.0 Å². The Morgan fingerprint density at radius 2 is 2.36 bits per heavy atom. The molecule has 14 heavy (non-hydrogen) atoms. The average Bonchev–Trinajstić information content (AvgIpc) is 2.17. The molecule has 0 amide bonds. The van der Waals surface area contributed by atoms with Gasteiger partial charge in [-0.1, -0.05) is 6.08 Å². The summed E-state index contributed by atoms with van der Waals surface area (Å²) in [5.41, 5.74) is 0.867. The van der Waals surface area contributed by atoms with Gasteiger partial charge in [0.1, 0.15) is 0 Å². The van der Waals surface area contributed by atoms with E-state index in [4.69, 9.17) is 4.74 Å². The molecular formula is C11H17NO2. The first-order valence-corrected chi connectivity index (χ1v) is 5.24. The third-order valence-electron chi connectivity index (χ3n) is 3.47. The first-order valence-electron chi connectivity index (χ1n) is 5.24. The van der Waals surface area contributed by atoms with Crippen molar-refractivity contribution in [3.8, 4) is 0 Å². The number of hydrogen-bond donors (Lipinski definition) is 0. The van der Waals surface area contributed by atoms with E-state index in [-0.39, 0.29) is 5.97 Å². The molecule has 3 nitrogen and oxygen atoms in total. The van der Waals surface area contributed by atoms with Gasteiger partial charge in [-0.2, -0.15) is 0 Å². The van der Waals surface area contributed by atoms with E-state index < -0.39 is 0 Å². The van der Waals surface area contributed by atoms with Gasteiger partial charge in [-0.3, -0.25) is 4.90 Å². The summed E-state index contributed by atoms with van der Waals surface area (Å²) < 4.78 is 4.80. The second-order valence-corrected chi connectivity index (χ2v) is 4.15. The minimum Gasteiger partial charge on any atom is -0.466 e. The van der Waals surface area contributed by atoms with Gasteiger partial charge in [0, 0.05) is 12.1 Å². The molecule has 1 saturated heterocycles. The molecule has 2 aliphatic heterocycles. The number of carbonyl (C=O) groups is 1. The summed E-state index contributed by atoms with van der Waals surface area (Å²) in [7, 11) is 3.57. The van der Waals surface area contributed by atoms with Crippen molar-refractivity contribution in [1.29, 1.82) is 0 Å². The van der Waals surface area contributed by atoms with Gasteiger partial charge < -0.3 is 4.74 Å². The van der Waals surface area contributed by atoms with E-state index in [9.17, 15) is 4.79 Å². The van der Waals surface area contributed by atoms with Crippen LogP contribution in [0.1, 0.15) is 25.7 Å². The molecule has 0 unspecified atom stereocenters. The molecule has 0 radical (unpaired) electrons. The lowest BCUT2D eigenvalue weighted by Crippen LogP contribution is -2.48. The van der Waals surface area contributed by atoms with Crippen LogP contribution in [0.5, 0.6) is 0 Å². The number of carbonyl (C=O) groups excluding carboxylic acids is 1. The summed E-state index contributed by atoms with van der Waals surface area (Å²) in [6.45, 7) is 0. The Balaban J connectivity index is 2.22. The summed E-state index contributed by atoms with van der Waals surface area (Å²) in [5.74, 6) is -0.151. The predicted octanol–water partition coefficient (Wildman–Crippen LogP) is 1.34. The van der Waals surface area contributed by atoms with E-state index in [2.05, 4.69) is 18.0 Å². The highest BCUT2D eigenvalue weighted by Crippen LogP contribution is 2.32. The van der Waals surface area contributed by atoms with Crippen molar-refractivity contribution < 1.29 is 9.53 Å². The summed E-state index contributed by atoms with van der Waals surface area (Å²) in [4.78, 5) is 13.8. The predicted molar refractivity (Wildman–Crippen MR) is 53.9 cm³/mol. The van der Waals surface area contributed by atoms with Crippen LogP contribution in [-0.2, 0) is 9.53 Å². The van der Waals surface area contributed by atoms with E-state index in [1.807, 2.05) is 0 Å². The second kappa shape index (κ2) is 3.73. The van der Waals surface area contributed by atoms with E-state index in [1.54, 1.807) is 0 Å². The molecule has 2 atom stereocenters. The van der Waals surface area contributed by atoms with Crippen LogP contribution >= 0.6 is 0 Å². The van der Waals surface area contributed by atoms with Gasteiger partial charge in [0.25, 0.3) is 0 Å². The standard InChI is InChI=1S/C11H17NO2/c1-12-8-4-3-5-10(12)9(7-6-8)11(13)14-2/h7-8,10H,3-6H2,1-2H3/t8-,10+/m0/s1. The van der Waals surface area contributed by atoms with Crippen LogP contribution in [0.15, 0.2) is 11.6 Å². The summed E-state index contributed by atoms with van der Waals surface area (Å²) in [6.07, 6.45) is 6.65. The Labute approximate surface area is 84.7 Å². The van der Waals surface area contributed by atoms with Crippen molar-refractivity contribution in [1.82, 2.24) is 4.90 Å². The summed E-state index contributed by atoms with van der Waals surface area (Å²) in [5, 5.41) is 0. The van der Waals surface area contributed by atoms with Crippen molar-refractivity contribution in [3.05, 3.63) is 11.6 Å². The first-order chi connectivity index (χ1) is 6.74. The largest absolute Gasteiger partial charge is 0.466 e. The van der Waals surface area contributed by atoms with Gasteiger partial charge in [-0.05, 0) is 32.7 Å². The van der Waals surface area contributed by atoms with Gasteiger partial charge in [0.05, 0.1) is 12.7 Å². The zero-order valence-corrected chi connectivity index (χ0v) is 8.82. The Kier molecular flexibility index (Phi) is 2.59. The average molecular weight is 195 g/mol. The molecule has 0 aliphatic carbocycles. The van der Waals surface area contributed by atoms with Gasteiger partial charge in [0.15, 0.2) is 0 Å². The molecule has 0 spiro atoms. The number of ether oxygens (including phenoxy) is 1. The minimum absolute atomic E-state index is 0.151. The zero-order valence-electron chi connectivity index (χ0n) is 8.82. The van der Waals surface area contributed by atoms with Crippen molar-refractivity contribution in [3.63, 3.8) is 0 Å². The lowest BCUT2D eigenvalue weighted by molar-refractivity contribution is -0.137. The number of esters is 1. The normalized spacial score (nSPS) is 32.3. The Morgan fingerprint density at radius 3 is 3.07 bits per heavy atom. The first kappa shape index (κ1) is 9.71. The fraction of sp³-hybridized carbons (Fsp3) is 0.727. The van der Waals surface area contributed by atoms with Crippen LogP contribution in [-0.4, -0.2) is 37.1 Å². The lowest BCUT2D eigenvalue weighted by Gasteiger charge is -2.43. The molecule has 0 aromatic carbocycles. The number of likely N-dealkylation sites (N-methyl/N-ethyl adjacent to an activating group) is 1. The van der Waals surface area contributed by atoms with E-state index >= 15 is 0 Å². The van der Waals surface area contributed by atoms with Crippen molar-refractivity contribution in [2.45, 2.75) is 37.8 Å². The number of hydrogen-bond acceptors (Lipinski definition) is 3. The maximum atomic E-state index is 11.5. The van der Waals surface area contributed by atoms with Crippen LogP contribution in [0.2, 0.25) is 0 Å². The maximum Gasteiger partial charge on any atom is 0.335 e. The van der Waals surface area contributed by atoms with Gasteiger partial charge >= 0.3 is 5.97 Å². The molecule has 0 aromatic rings. The summed E-state index contributed by atoms with van der Waals surface area (Å²) >= 11 is 0. The summed E-state index contributed by atoms with van der Waals surface area (Å²) in [6, 6.07) is 0.942. The Bertz CT molecular complexity index is 272. The number of methoxy groups -OCH3 is 1. The molecule has 78 valence electrons.